The first-order valence-electron chi connectivity index (χ1n) is 50.2. The maximum absolute atomic E-state index is 14.6. The Morgan fingerprint density at radius 3 is 1.51 bits per heavy atom. The number of aromatic nitrogens is 14. The number of hydrogen-bond acceptors (Lipinski definition) is 29. The highest BCUT2D eigenvalue weighted by Crippen LogP contribution is 2.47. The quantitative estimate of drug-likeness (QED) is 0.0453. The van der Waals surface area contributed by atoms with Gasteiger partial charge in [0.25, 0.3) is 5.91 Å². The Balaban J connectivity index is 0.000000109. The molecule has 774 valence electrons. The number of pyridine rings is 3. The molecule has 25 rings (SSSR count). The van der Waals surface area contributed by atoms with Gasteiger partial charge in [0.1, 0.15) is 191 Å². The van der Waals surface area contributed by atoms with Gasteiger partial charge in [-0.1, -0.05) is 29.8 Å². The summed E-state index contributed by atoms with van der Waals surface area (Å²) in [6.07, 6.45) is 10.9. The SMILES string of the molecule is Cc1cc2cccc(OC3CC(n4ccc5c(C)ncnc54)C(O)C3O)c2cn1.Cc1ccnc2c1c(F)cn2C1CC(Oc2cc(Cl)cc3c2CNCC3)C(O)C1O.Cc1ccnc2c1ccn2C1CC(Oc2cccc3c2C(=O)NCCO3)C(O)C1O.Cc1ncc2c(F)cn(C3CC(Oc4cc(C#N)cc5c4CNCC5)C(O)C3O)c2n1.Cc1ncnc2c1ccn2C1CC(Oc2ccc(F)c3c2CCCC3)C(O)C1O. The zero-order chi connectivity index (χ0) is 104. The third-order valence-electron chi connectivity index (χ3n) is 30.5. The van der Waals surface area contributed by atoms with Crippen LogP contribution < -0.4 is 44.4 Å². The fourth-order valence-electron chi connectivity index (χ4n) is 22.7. The summed E-state index contributed by atoms with van der Waals surface area (Å²) in [5.41, 5.74) is 14.2. The van der Waals surface area contributed by atoms with Crippen LogP contribution in [0.3, 0.4) is 0 Å². The summed E-state index contributed by atoms with van der Waals surface area (Å²) >= 11 is 6.27. The average molecular weight is 2050 g/mol. The van der Waals surface area contributed by atoms with Gasteiger partial charge in [0, 0.05) is 150 Å². The summed E-state index contributed by atoms with van der Waals surface area (Å²) in [6.45, 7) is 15.1. The van der Waals surface area contributed by atoms with E-state index in [1.807, 2.05) is 128 Å². The van der Waals surface area contributed by atoms with Crippen molar-refractivity contribution >= 4 is 83.4 Å². The Bertz CT molecular complexity index is 7790. The van der Waals surface area contributed by atoms with E-state index < -0.39 is 121 Å². The van der Waals surface area contributed by atoms with Crippen LogP contribution in [0.25, 0.3) is 65.9 Å². The summed E-state index contributed by atoms with van der Waals surface area (Å²) in [4.78, 5) is 51.1. The van der Waals surface area contributed by atoms with Crippen LogP contribution in [0.2, 0.25) is 5.02 Å². The maximum Gasteiger partial charge on any atom is 0.258 e. The summed E-state index contributed by atoms with van der Waals surface area (Å²) in [5.74, 6) is 2.33. The number of rotatable bonds is 15. The maximum atomic E-state index is 14.6. The predicted molar refractivity (Wildman–Crippen MR) is 543 cm³/mol. The van der Waals surface area contributed by atoms with Gasteiger partial charge in [-0.3, -0.25) is 9.78 Å². The minimum Gasteiger partial charge on any atom is -0.491 e. The second-order valence-electron chi connectivity index (χ2n) is 39.7. The number of carbonyl (C=O) groups excluding carboxylic acids is 1. The predicted octanol–water partition coefficient (Wildman–Crippen LogP) is 11.6. The molecule has 0 spiro atoms. The number of fused-ring (bicyclic) bond motifs is 10. The Kier molecular flexibility index (Phi) is 28.7. The Labute approximate surface area is 857 Å². The highest BCUT2D eigenvalue weighted by molar-refractivity contribution is 6.30. The minimum absolute atomic E-state index is 0.189. The van der Waals surface area contributed by atoms with E-state index >= 15 is 0 Å². The molecule has 5 fully saturated rings. The van der Waals surface area contributed by atoms with Crippen molar-refractivity contribution in [3.8, 4) is 40.6 Å². The first-order chi connectivity index (χ1) is 72.0. The lowest BCUT2D eigenvalue weighted by atomic mass is 9.90. The molecular formula is C110H114ClF3N18O17. The summed E-state index contributed by atoms with van der Waals surface area (Å²) in [7, 11) is 0. The molecule has 35 nitrogen and oxygen atoms in total. The summed E-state index contributed by atoms with van der Waals surface area (Å²) < 4.78 is 88.4. The molecule has 0 radical (unpaired) electrons. The van der Waals surface area contributed by atoms with Gasteiger partial charge in [-0.25, -0.2) is 53.0 Å². The number of ether oxygens (including phenoxy) is 6. The number of aryl methyl sites for hydroxylation is 6. The molecule has 13 N–H and O–H groups in total. The number of nitriles is 1. The van der Waals surface area contributed by atoms with E-state index in [0.717, 1.165) is 151 Å². The Morgan fingerprint density at radius 1 is 0.430 bits per heavy atom. The van der Waals surface area contributed by atoms with E-state index in [2.05, 4.69) is 66.9 Å². The van der Waals surface area contributed by atoms with Crippen molar-refractivity contribution in [3.05, 3.63) is 279 Å². The van der Waals surface area contributed by atoms with E-state index in [9.17, 15) is 74.3 Å². The van der Waals surface area contributed by atoms with Gasteiger partial charge in [0.2, 0.25) is 0 Å². The number of aliphatic hydroxyl groups excluding tert-OH is 10. The molecule has 1 amide bonds. The van der Waals surface area contributed by atoms with Crippen molar-refractivity contribution in [1.82, 2.24) is 83.6 Å². The number of carbonyl (C=O) groups is 1. The smallest absolute Gasteiger partial charge is 0.258 e. The molecule has 6 aliphatic carbocycles. The normalized spacial score (nSPS) is 25.7. The molecule has 16 aromatic rings. The van der Waals surface area contributed by atoms with Crippen LogP contribution in [0, 0.1) is 70.3 Å². The number of nitrogens with one attached hydrogen (secondary N) is 3. The second-order valence-corrected chi connectivity index (χ2v) is 40.2. The van der Waals surface area contributed by atoms with Gasteiger partial charge < -0.3 is 118 Å². The van der Waals surface area contributed by atoms with E-state index in [1.165, 1.54) is 37.3 Å². The second kappa shape index (κ2) is 42.3. The van der Waals surface area contributed by atoms with Crippen LogP contribution in [-0.4, -0.2) is 242 Å². The molecule has 0 bridgehead atoms. The average Bonchev–Trinajstić information content (AvgIpc) is 1.62. The topological polar surface area (TPSA) is 475 Å². The van der Waals surface area contributed by atoms with Crippen molar-refractivity contribution in [2.45, 2.75) is 247 Å². The third-order valence-corrected chi connectivity index (χ3v) is 30.8. The van der Waals surface area contributed by atoms with E-state index in [-0.39, 0.29) is 35.6 Å². The standard InChI is InChI=1S/C22H23ClFN3O3.C22H22FN5O3.C22H24FN3O3.C22H22N4O3.C22H23N3O5/c1-11-2-5-26-22-19(11)15(24)10-27(22)16-8-18(21(29)20(16)28)30-17-7-13(23)6-12-3-4-25-9-14(12)17;1-11-26-9-15-16(23)10-28(22(15)27-11)17-6-19(21(30)20(17)29)31-18-5-12(7-24)4-13-2-3-25-8-14(13)18;1-12-13-8-9-26(22(13)25-11-24-12)17-10-19(21(28)20(17)27)29-18-7-6-16(23)14-4-2-3-5-15(14)18;1-12-8-14-4-3-5-18(16(14)10-23-12)29-19-9-17(20(27)21(19)28)26-7-6-15-13(2)24-11-25-22(15)26;1-12-5-7-23-21-13(12)6-9-25(21)14-11-17(20(27)19(14)26)30-16-4-2-3-15-18(16)22(28)24-8-10-29-15/h2,5-7,10,16,18,20-21,25,28-29H,3-4,8-9H2,1H3;4-5,9-10,17,19-21,25,29-30H,2-3,6,8H2,1H3;6-9,11,17,19-21,27-28H,2-5,10H2,1H3;3-8,10-11,17,19-21,27-28H,9H2,1-2H3;2-7,9,14,17,19-20,26-27H,8,10-11H2,1H3,(H,24,28). The van der Waals surface area contributed by atoms with Gasteiger partial charge in [0.05, 0.1) is 70.5 Å². The summed E-state index contributed by atoms with van der Waals surface area (Å²) in [6, 6.07) is 32.6. The fraction of sp³-hybridized carbons (Fsp3) is 0.391. The molecule has 0 saturated heterocycles. The zero-order valence-electron chi connectivity index (χ0n) is 82.4. The fourth-order valence-corrected chi connectivity index (χ4v) is 22.9. The van der Waals surface area contributed by atoms with E-state index in [1.54, 1.807) is 77.1 Å². The van der Waals surface area contributed by atoms with E-state index in [4.69, 9.17) is 40.0 Å². The van der Waals surface area contributed by atoms with Crippen molar-refractivity contribution < 1.29 is 97.5 Å². The van der Waals surface area contributed by atoms with Crippen LogP contribution in [0.4, 0.5) is 13.2 Å². The molecule has 5 saturated carbocycles. The molecule has 5 aromatic carbocycles. The number of nitrogens with zero attached hydrogens (tertiary/aromatic N) is 15. The monoisotopic (exact) mass is 2050 g/mol. The number of halogens is 4. The van der Waals surface area contributed by atoms with Crippen LogP contribution in [0.15, 0.2) is 178 Å². The van der Waals surface area contributed by atoms with Crippen molar-refractivity contribution in [3.63, 3.8) is 0 Å². The van der Waals surface area contributed by atoms with Crippen molar-refractivity contribution in [2.24, 2.45) is 0 Å². The molecule has 3 aliphatic heterocycles. The van der Waals surface area contributed by atoms with Crippen LogP contribution in [0.1, 0.15) is 158 Å². The first-order valence-corrected chi connectivity index (χ1v) is 50.6. The third kappa shape index (κ3) is 19.5. The molecule has 20 atom stereocenters. The van der Waals surface area contributed by atoms with Crippen LogP contribution in [0.5, 0.6) is 34.5 Å². The van der Waals surface area contributed by atoms with Gasteiger partial charge in [0.15, 0.2) is 11.6 Å². The molecule has 14 heterocycles. The molecule has 149 heavy (non-hydrogen) atoms. The Morgan fingerprint density at radius 2 is 0.919 bits per heavy atom. The first kappa shape index (κ1) is 101. The molecule has 20 unspecified atom stereocenters. The summed E-state index contributed by atoms with van der Waals surface area (Å²) in [5, 5.41) is 132. The number of hydrogen-bond donors (Lipinski definition) is 13. The van der Waals surface area contributed by atoms with Crippen molar-refractivity contribution in [1.29, 1.82) is 5.26 Å². The largest absolute Gasteiger partial charge is 0.491 e. The number of amides is 1. The van der Waals surface area contributed by atoms with Gasteiger partial charge in [-0.2, -0.15) is 5.26 Å². The van der Waals surface area contributed by atoms with Crippen LogP contribution >= 0.6 is 11.6 Å². The molecule has 39 heteroatoms. The van der Waals surface area contributed by atoms with Crippen molar-refractivity contribution in [2.75, 3.05) is 26.2 Å². The highest BCUT2D eigenvalue weighted by atomic mass is 35.5. The molecule has 11 aromatic heterocycles. The highest BCUT2D eigenvalue weighted by Gasteiger charge is 2.51. The number of benzene rings is 5. The van der Waals surface area contributed by atoms with Gasteiger partial charge in [-0.05, 0) is 217 Å². The lowest BCUT2D eigenvalue weighted by molar-refractivity contribution is -0.0167. The van der Waals surface area contributed by atoms with Gasteiger partial charge >= 0.3 is 0 Å². The lowest BCUT2D eigenvalue weighted by Gasteiger charge is -2.24. The lowest BCUT2D eigenvalue weighted by Crippen LogP contribution is -2.35. The Hall–Kier alpha value is -13.9. The zero-order valence-corrected chi connectivity index (χ0v) is 83.1. The van der Waals surface area contributed by atoms with E-state index in [0.29, 0.717) is 131 Å². The van der Waals surface area contributed by atoms with Gasteiger partial charge in [-0.15, -0.1) is 0 Å². The molecular weight excluding hydrogens is 1940 g/mol. The molecule has 9 aliphatic rings. The van der Waals surface area contributed by atoms with Crippen LogP contribution in [-0.2, 0) is 38.8 Å². The number of aliphatic hydroxyl groups is 10. The minimum atomic E-state index is -1.17.